The number of aromatic nitrogens is 1. The van der Waals surface area contributed by atoms with Crippen molar-refractivity contribution in [1.29, 1.82) is 0 Å². The van der Waals surface area contributed by atoms with Crippen LogP contribution in [0.3, 0.4) is 0 Å². The second-order valence-electron chi connectivity index (χ2n) is 4.32. The van der Waals surface area contributed by atoms with Gasteiger partial charge in [-0.3, -0.25) is 9.78 Å². The molecule has 0 saturated carbocycles. The average molecular weight is 295 g/mol. The van der Waals surface area contributed by atoms with Crippen molar-refractivity contribution in [2.45, 2.75) is 6.92 Å². The number of carbonyl (C=O) groups is 1. The molecule has 0 unspecified atom stereocenters. The molecule has 0 aliphatic heterocycles. The molecule has 1 heterocycles. The van der Waals surface area contributed by atoms with E-state index in [1.807, 2.05) is 0 Å². The maximum atomic E-state index is 13.5. The Balaban J connectivity index is 2.32. The molecule has 0 saturated heterocycles. The Bertz CT molecular complexity index is 704. The summed E-state index contributed by atoms with van der Waals surface area (Å²) >= 11 is 0. The van der Waals surface area contributed by atoms with Gasteiger partial charge in [0.1, 0.15) is 5.82 Å². The first kappa shape index (κ1) is 14.8. The predicted octanol–water partition coefficient (Wildman–Crippen LogP) is 3.10. The number of amides is 1. The second kappa shape index (κ2) is 5.82. The summed E-state index contributed by atoms with van der Waals surface area (Å²) in [5, 5.41) is 5.00. The zero-order valence-electron chi connectivity index (χ0n) is 11.3. The van der Waals surface area contributed by atoms with Crippen molar-refractivity contribution in [2.75, 3.05) is 17.7 Å². The third-order valence-electron chi connectivity index (χ3n) is 2.81. The van der Waals surface area contributed by atoms with Gasteiger partial charge in [-0.1, -0.05) is 0 Å². The molecule has 2 N–H and O–H groups in total. The maximum absolute atomic E-state index is 13.5. The SMILES string of the molecule is CNc1cc(C)ncc1C(=O)Nc1cc(F)c(F)cc1F. The van der Waals surface area contributed by atoms with E-state index in [0.29, 0.717) is 23.5 Å². The molecule has 0 atom stereocenters. The first-order valence-electron chi connectivity index (χ1n) is 6.02. The fraction of sp³-hybridized carbons (Fsp3) is 0.143. The number of anilines is 2. The van der Waals surface area contributed by atoms with E-state index >= 15 is 0 Å². The molecule has 1 aromatic heterocycles. The predicted molar refractivity (Wildman–Crippen MR) is 72.8 cm³/mol. The summed E-state index contributed by atoms with van der Waals surface area (Å²) < 4.78 is 39.4. The van der Waals surface area contributed by atoms with E-state index in [4.69, 9.17) is 0 Å². The quantitative estimate of drug-likeness (QED) is 0.856. The van der Waals surface area contributed by atoms with Crippen LogP contribution in [0.4, 0.5) is 24.5 Å². The average Bonchev–Trinajstić information content (AvgIpc) is 2.44. The number of nitrogens with zero attached hydrogens (tertiary/aromatic N) is 1. The minimum atomic E-state index is -1.32. The normalized spacial score (nSPS) is 10.3. The zero-order valence-corrected chi connectivity index (χ0v) is 11.3. The highest BCUT2D eigenvalue weighted by Crippen LogP contribution is 2.21. The minimum absolute atomic E-state index is 0.159. The Kier molecular flexibility index (Phi) is 4.11. The summed E-state index contributed by atoms with van der Waals surface area (Å²) in [5.74, 6) is -4.31. The Morgan fingerprint density at radius 2 is 1.71 bits per heavy atom. The lowest BCUT2D eigenvalue weighted by Gasteiger charge is -2.11. The molecule has 110 valence electrons. The van der Waals surface area contributed by atoms with Crippen LogP contribution < -0.4 is 10.6 Å². The summed E-state index contributed by atoms with van der Waals surface area (Å²) in [6.07, 6.45) is 1.31. The largest absolute Gasteiger partial charge is 0.387 e. The number of aryl methyl sites for hydroxylation is 1. The van der Waals surface area contributed by atoms with Crippen molar-refractivity contribution in [2.24, 2.45) is 0 Å². The highest BCUT2D eigenvalue weighted by atomic mass is 19.2. The minimum Gasteiger partial charge on any atom is -0.387 e. The van der Waals surface area contributed by atoms with Gasteiger partial charge in [0.25, 0.3) is 5.91 Å². The Labute approximate surface area is 119 Å². The summed E-state index contributed by atoms with van der Waals surface area (Å²) in [5.41, 5.74) is 0.895. The van der Waals surface area contributed by atoms with E-state index in [2.05, 4.69) is 15.6 Å². The first-order valence-corrected chi connectivity index (χ1v) is 6.02. The molecule has 7 heteroatoms. The van der Waals surface area contributed by atoms with Gasteiger partial charge in [0.05, 0.1) is 16.9 Å². The lowest BCUT2D eigenvalue weighted by molar-refractivity contribution is 0.102. The van der Waals surface area contributed by atoms with Crippen molar-refractivity contribution in [1.82, 2.24) is 4.98 Å². The van der Waals surface area contributed by atoms with Gasteiger partial charge in [-0.15, -0.1) is 0 Å². The van der Waals surface area contributed by atoms with E-state index in [1.165, 1.54) is 6.20 Å². The summed E-state index contributed by atoms with van der Waals surface area (Å²) in [7, 11) is 1.61. The van der Waals surface area contributed by atoms with Crippen molar-refractivity contribution in [3.8, 4) is 0 Å². The van der Waals surface area contributed by atoms with E-state index in [0.717, 1.165) is 0 Å². The number of carbonyl (C=O) groups excluding carboxylic acids is 1. The number of pyridine rings is 1. The lowest BCUT2D eigenvalue weighted by Crippen LogP contribution is -2.16. The van der Waals surface area contributed by atoms with Crippen molar-refractivity contribution < 1.29 is 18.0 Å². The third-order valence-corrected chi connectivity index (χ3v) is 2.81. The van der Waals surface area contributed by atoms with Gasteiger partial charge in [-0.2, -0.15) is 0 Å². The maximum Gasteiger partial charge on any atom is 0.259 e. The van der Waals surface area contributed by atoms with Crippen molar-refractivity contribution >= 4 is 17.3 Å². The molecule has 0 aliphatic carbocycles. The van der Waals surface area contributed by atoms with Crippen LogP contribution in [0.1, 0.15) is 16.1 Å². The molecule has 0 bridgehead atoms. The van der Waals surface area contributed by atoms with E-state index in [1.54, 1.807) is 20.0 Å². The highest BCUT2D eigenvalue weighted by Gasteiger charge is 2.16. The van der Waals surface area contributed by atoms with Crippen LogP contribution in [0.25, 0.3) is 0 Å². The second-order valence-corrected chi connectivity index (χ2v) is 4.32. The van der Waals surface area contributed by atoms with Crippen LogP contribution in [0.15, 0.2) is 24.4 Å². The number of nitrogens with one attached hydrogen (secondary N) is 2. The van der Waals surface area contributed by atoms with E-state index in [9.17, 15) is 18.0 Å². The fourth-order valence-corrected chi connectivity index (χ4v) is 1.76. The topological polar surface area (TPSA) is 54.0 Å². The van der Waals surface area contributed by atoms with Crippen LogP contribution in [0.2, 0.25) is 0 Å². The molecule has 2 rings (SSSR count). The van der Waals surface area contributed by atoms with Crippen LogP contribution >= 0.6 is 0 Å². The molecular weight excluding hydrogens is 283 g/mol. The molecule has 1 aromatic carbocycles. The number of hydrogen-bond acceptors (Lipinski definition) is 3. The number of benzene rings is 1. The van der Waals surface area contributed by atoms with Gasteiger partial charge in [-0.25, -0.2) is 13.2 Å². The number of halogens is 3. The first-order chi connectivity index (χ1) is 9.92. The molecule has 0 fully saturated rings. The van der Waals surface area contributed by atoms with Gasteiger partial charge < -0.3 is 10.6 Å². The molecule has 1 amide bonds. The van der Waals surface area contributed by atoms with Gasteiger partial charge in [-0.05, 0) is 13.0 Å². The van der Waals surface area contributed by atoms with E-state index in [-0.39, 0.29) is 5.56 Å². The fourth-order valence-electron chi connectivity index (χ4n) is 1.76. The Morgan fingerprint density at radius 3 is 2.38 bits per heavy atom. The van der Waals surface area contributed by atoms with Gasteiger partial charge in [0, 0.05) is 31.1 Å². The molecule has 21 heavy (non-hydrogen) atoms. The summed E-state index contributed by atoms with van der Waals surface area (Å²) in [6, 6.07) is 2.59. The van der Waals surface area contributed by atoms with Gasteiger partial charge >= 0.3 is 0 Å². The molecule has 2 aromatic rings. The summed E-state index contributed by atoms with van der Waals surface area (Å²) in [6.45, 7) is 1.75. The molecule has 0 radical (unpaired) electrons. The van der Waals surface area contributed by atoms with Crippen molar-refractivity contribution in [3.63, 3.8) is 0 Å². The highest BCUT2D eigenvalue weighted by molar-refractivity contribution is 6.07. The third kappa shape index (κ3) is 3.13. The number of hydrogen-bond donors (Lipinski definition) is 2. The van der Waals surface area contributed by atoms with Crippen LogP contribution in [0, 0.1) is 24.4 Å². The molecule has 0 aliphatic rings. The monoisotopic (exact) mass is 295 g/mol. The molecule has 0 spiro atoms. The van der Waals surface area contributed by atoms with Gasteiger partial charge in [0.2, 0.25) is 0 Å². The molecular formula is C14H12F3N3O. The van der Waals surface area contributed by atoms with E-state index < -0.39 is 29.0 Å². The smallest absolute Gasteiger partial charge is 0.259 e. The Hall–Kier alpha value is -2.57. The lowest BCUT2D eigenvalue weighted by atomic mass is 10.2. The zero-order chi connectivity index (χ0) is 15.6. The van der Waals surface area contributed by atoms with Crippen LogP contribution in [-0.2, 0) is 0 Å². The van der Waals surface area contributed by atoms with Gasteiger partial charge in [0.15, 0.2) is 11.6 Å². The van der Waals surface area contributed by atoms with Crippen LogP contribution in [-0.4, -0.2) is 17.9 Å². The number of rotatable bonds is 3. The summed E-state index contributed by atoms with van der Waals surface area (Å²) in [4.78, 5) is 16.1. The van der Waals surface area contributed by atoms with Crippen LogP contribution in [0.5, 0.6) is 0 Å². The molecule has 4 nitrogen and oxygen atoms in total. The standard InChI is InChI=1S/C14H12F3N3O/c1-7-3-12(18-2)8(6-19-7)14(21)20-13-5-10(16)9(15)4-11(13)17/h3-6H,1-2H3,(H,18,19)(H,20,21). The van der Waals surface area contributed by atoms with Crippen molar-refractivity contribution in [3.05, 3.63) is 53.1 Å². The Morgan fingerprint density at radius 1 is 1.05 bits per heavy atom.